The lowest BCUT2D eigenvalue weighted by molar-refractivity contribution is 0.203. The van der Waals surface area contributed by atoms with Gasteiger partial charge in [-0.25, -0.2) is 0 Å². The maximum atomic E-state index is 5.58. The number of piperidine rings is 1. The molecule has 3 fully saturated rings. The lowest BCUT2D eigenvalue weighted by atomic mass is 10.1. The second-order valence-electron chi connectivity index (χ2n) is 7.06. The Balaban J connectivity index is 1.46. The molecule has 0 spiro atoms. The Morgan fingerprint density at radius 2 is 2.14 bits per heavy atom. The van der Waals surface area contributed by atoms with Crippen molar-refractivity contribution in [2.24, 2.45) is 5.92 Å². The number of hydrogen-bond acceptors (Lipinski definition) is 3. The van der Waals surface area contributed by atoms with Gasteiger partial charge < -0.3 is 10.1 Å². The van der Waals surface area contributed by atoms with Crippen LogP contribution in [0.5, 0.6) is 5.75 Å². The summed E-state index contributed by atoms with van der Waals surface area (Å²) in [6.07, 6.45) is 6.96. The van der Waals surface area contributed by atoms with Crippen LogP contribution in [-0.4, -0.2) is 30.6 Å². The number of nitrogens with one attached hydrogen (secondary N) is 1. The van der Waals surface area contributed by atoms with Crippen molar-refractivity contribution in [3.05, 3.63) is 29.3 Å². The summed E-state index contributed by atoms with van der Waals surface area (Å²) in [7, 11) is 1.79. The number of hydrogen-bond donors (Lipinski definition) is 1. The molecule has 1 heterocycles. The normalized spacial score (nSPS) is 28.2. The Hall–Kier alpha value is -1.06. The van der Waals surface area contributed by atoms with Crippen molar-refractivity contribution in [2.75, 3.05) is 13.7 Å². The van der Waals surface area contributed by atoms with E-state index in [-0.39, 0.29) is 0 Å². The van der Waals surface area contributed by atoms with Crippen LogP contribution in [0.2, 0.25) is 0 Å². The van der Waals surface area contributed by atoms with Gasteiger partial charge in [-0.05, 0) is 55.7 Å². The smallest absolute Gasteiger partial charge is 0.123 e. The molecule has 1 N–H and O–H groups in total. The maximum absolute atomic E-state index is 5.58. The molecule has 1 aromatic carbocycles. The second kappa shape index (κ2) is 5.62. The predicted molar refractivity (Wildman–Crippen MR) is 84.4 cm³/mol. The number of methoxy groups -OCH3 is 1. The topological polar surface area (TPSA) is 24.5 Å². The third-order valence-corrected chi connectivity index (χ3v) is 5.41. The van der Waals surface area contributed by atoms with Crippen LogP contribution in [0.3, 0.4) is 0 Å². The van der Waals surface area contributed by atoms with Gasteiger partial charge in [0.15, 0.2) is 0 Å². The molecule has 2 unspecified atom stereocenters. The fourth-order valence-electron chi connectivity index (χ4n) is 4.05. The highest BCUT2D eigenvalue weighted by molar-refractivity contribution is 5.37. The Labute approximate surface area is 127 Å². The third kappa shape index (κ3) is 2.95. The summed E-state index contributed by atoms with van der Waals surface area (Å²) in [5.74, 6) is 2.01. The molecule has 0 radical (unpaired) electrons. The highest BCUT2D eigenvalue weighted by Crippen LogP contribution is 2.39. The summed E-state index contributed by atoms with van der Waals surface area (Å²) >= 11 is 0. The molecular weight excluding hydrogens is 260 g/mol. The molecule has 1 saturated heterocycles. The molecule has 114 valence electrons. The molecule has 0 aromatic heterocycles. The second-order valence-corrected chi connectivity index (χ2v) is 7.06. The van der Waals surface area contributed by atoms with Gasteiger partial charge in [0.05, 0.1) is 7.11 Å². The van der Waals surface area contributed by atoms with E-state index in [0.717, 1.165) is 36.8 Å². The zero-order valence-electron chi connectivity index (χ0n) is 13.0. The summed E-state index contributed by atoms with van der Waals surface area (Å²) in [6, 6.07) is 8.29. The molecule has 3 aliphatic rings. The highest BCUT2D eigenvalue weighted by Gasteiger charge is 2.37. The van der Waals surface area contributed by atoms with Crippen LogP contribution in [0.4, 0.5) is 0 Å². The molecule has 21 heavy (non-hydrogen) atoms. The van der Waals surface area contributed by atoms with E-state index in [9.17, 15) is 0 Å². The van der Waals surface area contributed by atoms with E-state index < -0.39 is 0 Å². The molecule has 1 aromatic rings. The Morgan fingerprint density at radius 3 is 2.81 bits per heavy atom. The zero-order chi connectivity index (χ0) is 14.2. The van der Waals surface area contributed by atoms with E-state index in [4.69, 9.17) is 4.74 Å². The molecular formula is C18H26N2O. The molecule has 2 saturated carbocycles. The molecule has 2 atom stereocenters. The summed E-state index contributed by atoms with van der Waals surface area (Å²) in [5, 5.41) is 3.60. The number of ether oxygens (including phenoxy) is 1. The van der Waals surface area contributed by atoms with Gasteiger partial charge in [-0.3, -0.25) is 4.90 Å². The van der Waals surface area contributed by atoms with Crippen molar-refractivity contribution < 1.29 is 4.74 Å². The van der Waals surface area contributed by atoms with Gasteiger partial charge in [0.2, 0.25) is 0 Å². The number of benzene rings is 1. The molecule has 0 amide bonds. The number of likely N-dealkylation sites (tertiary alicyclic amines) is 1. The van der Waals surface area contributed by atoms with Crippen LogP contribution in [0.1, 0.15) is 43.2 Å². The van der Waals surface area contributed by atoms with Gasteiger partial charge in [-0.15, -0.1) is 0 Å². The lowest BCUT2D eigenvalue weighted by Crippen LogP contribution is -2.31. The fraction of sp³-hybridized carbons (Fsp3) is 0.667. The summed E-state index contributed by atoms with van der Waals surface area (Å²) in [5.41, 5.74) is 2.75. The fourth-order valence-corrected chi connectivity index (χ4v) is 4.05. The lowest BCUT2D eigenvalue weighted by Gasteiger charge is -2.27. The van der Waals surface area contributed by atoms with Crippen molar-refractivity contribution in [3.63, 3.8) is 0 Å². The van der Waals surface area contributed by atoms with E-state index in [0.29, 0.717) is 0 Å². The van der Waals surface area contributed by atoms with Crippen LogP contribution < -0.4 is 10.1 Å². The van der Waals surface area contributed by atoms with Gasteiger partial charge in [0.25, 0.3) is 0 Å². The van der Waals surface area contributed by atoms with Crippen molar-refractivity contribution in [2.45, 2.75) is 57.3 Å². The largest absolute Gasteiger partial charge is 0.496 e. The number of rotatable bonds is 6. The van der Waals surface area contributed by atoms with Gasteiger partial charge >= 0.3 is 0 Å². The van der Waals surface area contributed by atoms with Crippen molar-refractivity contribution in [3.8, 4) is 5.75 Å². The van der Waals surface area contributed by atoms with Crippen LogP contribution in [0.25, 0.3) is 0 Å². The molecule has 2 bridgehead atoms. The molecule has 4 rings (SSSR count). The Bertz CT molecular complexity index is 512. The zero-order valence-corrected chi connectivity index (χ0v) is 13.0. The average molecular weight is 286 g/mol. The first-order valence-electron chi connectivity index (χ1n) is 8.45. The quantitative estimate of drug-likeness (QED) is 0.870. The first-order valence-corrected chi connectivity index (χ1v) is 8.45. The molecule has 3 heteroatoms. The van der Waals surface area contributed by atoms with Crippen molar-refractivity contribution in [1.29, 1.82) is 0 Å². The minimum atomic E-state index is 0.768. The summed E-state index contributed by atoms with van der Waals surface area (Å²) < 4.78 is 5.58. The van der Waals surface area contributed by atoms with Crippen LogP contribution >= 0.6 is 0 Å². The van der Waals surface area contributed by atoms with E-state index >= 15 is 0 Å². The van der Waals surface area contributed by atoms with Gasteiger partial charge in [0, 0.05) is 37.3 Å². The van der Waals surface area contributed by atoms with Crippen LogP contribution in [-0.2, 0) is 13.1 Å². The van der Waals surface area contributed by atoms with Gasteiger partial charge in [-0.2, -0.15) is 0 Å². The average Bonchev–Trinajstić information content (AvgIpc) is 3.11. The predicted octanol–water partition coefficient (Wildman–Crippen LogP) is 2.93. The molecule has 3 nitrogen and oxygen atoms in total. The number of fused-ring (bicyclic) bond motifs is 2. The van der Waals surface area contributed by atoms with Crippen molar-refractivity contribution >= 4 is 0 Å². The minimum Gasteiger partial charge on any atom is -0.496 e. The first kappa shape index (κ1) is 13.6. The maximum Gasteiger partial charge on any atom is 0.123 e. The third-order valence-electron chi connectivity index (χ3n) is 5.41. The van der Waals surface area contributed by atoms with E-state index in [1.807, 2.05) is 0 Å². The van der Waals surface area contributed by atoms with E-state index in [1.54, 1.807) is 7.11 Å². The number of nitrogens with zero attached hydrogens (tertiary/aromatic N) is 1. The summed E-state index contributed by atoms with van der Waals surface area (Å²) in [4.78, 5) is 2.67. The Morgan fingerprint density at radius 1 is 1.24 bits per heavy atom. The van der Waals surface area contributed by atoms with Crippen molar-refractivity contribution in [1.82, 2.24) is 10.2 Å². The van der Waals surface area contributed by atoms with Crippen LogP contribution in [0.15, 0.2) is 18.2 Å². The Kier molecular flexibility index (Phi) is 3.64. The highest BCUT2D eigenvalue weighted by atomic mass is 16.5. The van der Waals surface area contributed by atoms with E-state index in [1.165, 1.54) is 49.8 Å². The minimum absolute atomic E-state index is 0.768. The monoisotopic (exact) mass is 286 g/mol. The SMILES string of the molecule is COc1ccc(CNC2CC2)cc1CN1CC2CCC1C2. The van der Waals surface area contributed by atoms with E-state index in [2.05, 4.69) is 28.4 Å². The molecule has 1 aliphatic heterocycles. The van der Waals surface area contributed by atoms with Crippen LogP contribution in [0, 0.1) is 5.92 Å². The van der Waals surface area contributed by atoms with Gasteiger partial charge in [0.1, 0.15) is 5.75 Å². The molecule has 2 aliphatic carbocycles. The summed E-state index contributed by atoms with van der Waals surface area (Å²) in [6.45, 7) is 3.34. The van der Waals surface area contributed by atoms with Gasteiger partial charge in [-0.1, -0.05) is 6.07 Å². The first-order chi connectivity index (χ1) is 10.3. The standard InChI is InChI=1S/C18H26N2O/c1-21-18-7-3-13(10-19-16-4-5-16)8-15(18)12-20-11-14-2-6-17(20)9-14/h3,7-8,14,16-17,19H,2,4-6,9-12H2,1H3.